The van der Waals surface area contributed by atoms with Crippen molar-refractivity contribution in [1.82, 2.24) is 10.2 Å². The van der Waals surface area contributed by atoms with Crippen LogP contribution in [0.4, 0.5) is 5.13 Å². The van der Waals surface area contributed by atoms with E-state index in [1.54, 1.807) is 42.5 Å². The molecule has 9 nitrogen and oxygen atoms in total. The third kappa shape index (κ3) is 7.23. The standard InChI is InChI=1S/C41H35N3O6S2/c1-3-48-31-20-17-28(18-21-31)37(45)35-36(29-19-22-33(34(23-29)49-4-2)50-24-26-11-6-5-7-12-26)44(39(47)38(35)46)40-42-43-41(52-40)51-25-30-15-10-14-27-13-8-9-16-32(27)30/h5-23,36,45H,3-4,24-25H2,1-2H3. The molecule has 11 heteroatoms. The summed E-state index contributed by atoms with van der Waals surface area (Å²) in [6, 6.07) is 35.1. The number of nitrogens with zero attached hydrogens (tertiary/aromatic N) is 3. The van der Waals surface area contributed by atoms with E-state index >= 15 is 0 Å². The minimum Gasteiger partial charge on any atom is -0.507 e. The van der Waals surface area contributed by atoms with E-state index in [-0.39, 0.29) is 16.5 Å². The monoisotopic (exact) mass is 729 g/mol. The Bertz CT molecular complexity index is 2250. The van der Waals surface area contributed by atoms with Crippen molar-refractivity contribution < 1.29 is 28.9 Å². The predicted molar refractivity (Wildman–Crippen MR) is 204 cm³/mol. The number of carbonyl (C=O) groups excluding carboxylic acids is 2. The first-order chi connectivity index (χ1) is 25.4. The van der Waals surface area contributed by atoms with Gasteiger partial charge in [0, 0.05) is 11.3 Å². The molecule has 1 aliphatic heterocycles. The summed E-state index contributed by atoms with van der Waals surface area (Å²) in [7, 11) is 0. The van der Waals surface area contributed by atoms with Crippen molar-refractivity contribution in [3.63, 3.8) is 0 Å². The third-order valence-electron chi connectivity index (χ3n) is 8.54. The first-order valence-corrected chi connectivity index (χ1v) is 18.7. The number of ether oxygens (including phenoxy) is 3. The smallest absolute Gasteiger partial charge is 0.301 e. The van der Waals surface area contributed by atoms with Crippen LogP contribution in [0.25, 0.3) is 16.5 Å². The Balaban J connectivity index is 1.26. The molecular weight excluding hydrogens is 695 g/mol. The van der Waals surface area contributed by atoms with Crippen molar-refractivity contribution in [2.75, 3.05) is 18.1 Å². The highest BCUT2D eigenvalue weighted by molar-refractivity contribution is 8.00. The maximum atomic E-state index is 13.9. The second-order valence-corrected chi connectivity index (χ2v) is 14.0. The van der Waals surface area contributed by atoms with Crippen molar-refractivity contribution in [3.8, 4) is 17.2 Å². The molecule has 1 aromatic heterocycles. The number of aliphatic hydroxyl groups excluding tert-OH is 1. The summed E-state index contributed by atoms with van der Waals surface area (Å²) in [5, 5.41) is 23.1. The lowest BCUT2D eigenvalue weighted by Crippen LogP contribution is -2.29. The first-order valence-electron chi connectivity index (χ1n) is 16.9. The number of carbonyl (C=O) groups is 2. The van der Waals surface area contributed by atoms with Gasteiger partial charge < -0.3 is 19.3 Å². The summed E-state index contributed by atoms with van der Waals surface area (Å²) in [6.07, 6.45) is 0. The zero-order valence-electron chi connectivity index (χ0n) is 28.5. The fraction of sp³-hybridized carbons (Fsp3) is 0.171. The van der Waals surface area contributed by atoms with E-state index in [1.165, 1.54) is 28.0 Å². The fourth-order valence-corrected chi connectivity index (χ4v) is 7.98. The van der Waals surface area contributed by atoms with Crippen LogP contribution in [0.15, 0.2) is 125 Å². The van der Waals surface area contributed by atoms with Gasteiger partial charge in [-0.05, 0) is 77.7 Å². The van der Waals surface area contributed by atoms with E-state index < -0.39 is 17.7 Å². The number of ketones is 1. The molecule has 1 atom stereocenters. The van der Waals surface area contributed by atoms with Crippen molar-refractivity contribution in [2.24, 2.45) is 0 Å². The molecule has 1 amide bonds. The zero-order chi connectivity index (χ0) is 36.0. The maximum absolute atomic E-state index is 13.9. The van der Waals surface area contributed by atoms with E-state index in [1.807, 2.05) is 62.4 Å². The second kappa shape index (κ2) is 15.7. The number of benzene rings is 5. The molecule has 0 bridgehead atoms. The number of aliphatic hydroxyl groups is 1. The highest BCUT2D eigenvalue weighted by Crippen LogP contribution is 2.46. The molecule has 52 heavy (non-hydrogen) atoms. The SMILES string of the molecule is CCOc1ccc(C(O)=C2C(=O)C(=O)N(c3nnc(SCc4cccc5ccccc45)s3)C2c2ccc(OCc3ccccc3)c(OCC)c2)cc1. The van der Waals surface area contributed by atoms with Crippen LogP contribution < -0.4 is 19.1 Å². The summed E-state index contributed by atoms with van der Waals surface area (Å²) < 4.78 is 18.4. The van der Waals surface area contributed by atoms with E-state index in [2.05, 4.69) is 34.5 Å². The van der Waals surface area contributed by atoms with Gasteiger partial charge >= 0.3 is 5.91 Å². The Morgan fingerprint density at radius 2 is 1.56 bits per heavy atom. The van der Waals surface area contributed by atoms with E-state index in [4.69, 9.17) is 14.2 Å². The minimum absolute atomic E-state index is 0.0743. The molecule has 262 valence electrons. The van der Waals surface area contributed by atoms with Gasteiger partial charge in [-0.15, -0.1) is 10.2 Å². The molecule has 0 saturated carbocycles. The Labute approximate surface area is 309 Å². The molecule has 1 aliphatic rings. The lowest BCUT2D eigenvalue weighted by molar-refractivity contribution is -0.132. The molecule has 0 aliphatic carbocycles. The van der Waals surface area contributed by atoms with Crippen LogP contribution in [0.5, 0.6) is 17.2 Å². The highest BCUT2D eigenvalue weighted by Gasteiger charge is 2.48. The number of aromatic nitrogens is 2. The summed E-state index contributed by atoms with van der Waals surface area (Å²) in [6.45, 7) is 4.90. The number of rotatable bonds is 13. The normalized spacial score (nSPS) is 15.3. The van der Waals surface area contributed by atoms with Crippen LogP contribution in [0.2, 0.25) is 0 Å². The average molecular weight is 730 g/mol. The Morgan fingerprint density at radius 3 is 2.35 bits per heavy atom. The van der Waals surface area contributed by atoms with Gasteiger partial charge in [0.2, 0.25) is 5.13 Å². The van der Waals surface area contributed by atoms with Gasteiger partial charge in [-0.25, -0.2) is 0 Å². The molecule has 5 aromatic carbocycles. The number of thioether (sulfide) groups is 1. The number of amides is 1. The van der Waals surface area contributed by atoms with Gasteiger partial charge in [-0.2, -0.15) is 0 Å². The maximum Gasteiger partial charge on any atom is 0.301 e. The van der Waals surface area contributed by atoms with Crippen molar-refractivity contribution >= 4 is 56.5 Å². The van der Waals surface area contributed by atoms with Gasteiger partial charge in [0.25, 0.3) is 5.78 Å². The zero-order valence-corrected chi connectivity index (χ0v) is 30.2. The van der Waals surface area contributed by atoms with E-state index in [0.717, 1.165) is 21.9 Å². The molecular formula is C41H35N3O6S2. The molecule has 6 aromatic rings. The number of hydrogen-bond acceptors (Lipinski definition) is 10. The van der Waals surface area contributed by atoms with Crippen LogP contribution in [0.3, 0.4) is 0 Å². The van der Waals surface area contributed by atoms with Crippen LogP contribution in [-0.4, -0.2) is 40.2 Å². The predicted octanol–water partition coefficient (Wildman–Crippen LogP) is 8.99. The third-order valence-corrected chi connectivity index (χ3v) is 10.6. The largest absolute Gasteiger partial charge is 0.507 e. The molecule has 0 spiro atoms. The van der Waals surface area contributed by atoms with Gasteiger partial charge in [-0.1, -0.05) is 102 Å². The number of hydrogen-bond donors (Lipinski definition) is 1. The average Bonchev–Trinajstić information content (AvgIpc) is 3.75. The second-order valence-electron chi connectivity index (χ2n) is 11.8. The molecule has 1 N–H and O–H groups in total. The van der Waals surface area contributed by atoms with E-state index in [0.29, 0.717) is 58.3 Å². The molecule has 0 radical (unpaired) electrons. The Morgan fingerprint density at radius 1 is 0.808 bits per heavy atom. The Hall–Kier alpha value is -5.65. The van der Waals surface area contributed by atoms with Crippen LogP contribution in [-0.2, 0) is 21.9 Å². The molecule has 2 heterocycles. The van der Waals surface area contributed by atoms with Crippen LogP contribution in [0.1, 0.15) is 42.1 Å². The lowest BCUT2D eigenvalue weighted by atomic mass is 9.95. The first kappa shape index (κ1) is 34.8. The quantitative estimate of drug-likeness (QED) is 0.0409. The Kier molecular flexibility index (Phi) is 10.5. The van der Waals surface area contributed by atoms with Crippen LogP contribution >= 0.6 is 23.1 Å². The summed E-state index contributed by atoms with van der Waals surface area (Å²) in [4.78, 5) is 29.1. The molecule has 1 saturated heterocycles. The topological polar surface area (TPSA) is 111 Å². The summed E-state index contributed by atoms with van der Waals surface area (Å²) in [5.41, 5.74) is 2.96. The van der Waals surface area contributed by atoms with Gasteiger partial charge in [0.05, 0.1) is 24.8 Å². The van der Waals surface area contributed by atoms with Crippen LogP contribution in [0, 0.1) is 0 Å². The number of anilines is 1. The molecule has 1 unspecified atom stereocenters. The van der Waals surface area contributed by atoms with Crippen molar-refractivity contribution in [3.05, 3.63) is 143 Å². The lowest BCUT2D eigenvalue weighted by Gasteiger charge is -2.23. The highest BCUT2D eigenvalue weighted by atomic mass is 32.2. The fourth-order valence-electron chi connectivity index (χ4n) is 6.11. The van der Waals surface area contributed by atoms with Crippen molar-refractivity contribution in [2.45, 2.75) is 36.6 Å². The van der Waals surface area contributed by atoms with Gasteiger partial charge in [0.1, 0.15) is 18.1 Å². The van der Waals surface area contributed by atoms with Gasteiger partial charge in [0.15, 0.2) is 15.8 Å². The number of Topliss-reactive ketones (excluding diaryl/α,β-unsaturated/α-hetero) is 1. The van der Waals surface area contributed by atoms with Crippen molar-refractivity contribution in [1.29, 1.82) is 0 Å². The van der Waals surface area contributed by atoms with Gasteiger partial charge in [-0.3, -0.25) is 14.5 Å². The van der Waals surface area contributed by atoms with E-state index in [9.17, 15) is 14.7 Å². The summed E-state index contributed by atoms with van der Waals surface area (Å²) in [5.74, 6) is 0.225. The number of fused-ring (bicyclic) bond motifs is 1. The summed E-state index contributed by atoms with van der Waals surface area (Å²) >= 11 is 2.72. The molecule has 1 fully saturated rings. The molecule has 7 rings (SSSR count). The minimum atomic E-state index is -1.03.